The minimum absolute atomic E-state index is 0.0374. The zero-order valence-corrected chi connectivity index (χ0v) is 32.8. The van der Waals surface area contributed by atoms with Crippen LogP contribution in [0.1, 0.15) is 74.7 Å². The fourth-order valence-corrected chi connectivity index (χ4v) is 6.60. The third-order valence-electron chi connectivity index (χ3n) is 9.70. The highest BCUT2D eigenvalue weighted by Crippen LogP contribution is 2.25. The molecule has 8 N–H and O–H groups in total. The number of nitrogens with two attached hydrogens (primary N) is 1. The fourth-order valence-electron chi connectivity index (χ4n) is 6.60. The lowest BCUT2D eigenvalue weighted by Crippen LogP contribution is -2.29. The van der Waals surface area contributed by atoms with E-state index >= 15 is 0 Å². The molecular weight excluding hydrogens is 747 g/mol. The van der Waals surface area contributed by atoms with Crippen molar-refractivity contribution in [2.24, 2.45) is 26.9 Å². The Labute approximate surface area is 331 Å². The largest absolute Gasteiger partial charge is 0.388 e. The van der Waals surface area contributed by atoms with E-state index in [-0.39, 0.29) is 59.9 Å². The molecule has 0 saturated heterocycles. The number of aryl methyl sites for hydroxylation is 6. The summed E-state index contributed by atoms with van der Waals surface area (Å²) in [5, 5.41) is 18.4. The Kier molecular flexibility index (Phi) is 11.7. The number of amides is 4. The summed E-state index contributed by atoms with van der Waals surface area (Å²) >= 11 is 0. The number of aromatic amines is 1. The van der Waals surface area contributed by atoms with E-state index in [4.69, 9.17) is 11.1 Å². The third-order valence-corrected chi connectivity index (χ3v) is 9.70. The maximum Gasteiger partial charge on any atom is 0.349 e. The number of rotatable bonds is 15. The van der Waals surface area contributed by atoms with Crippen LogP contribution in [0.15, 0.2) is 58.5 Å². The minimum atomic E-state index is -0.739. The Hall–Kier alpha value is -7.31. The quantitative estimate of drug-likeness (QED) is 0.0349. The second-order valence-corrected chi connectivity index (χ2v) is 14.2. The number of H-pyrrole nitrogens is 1. The summed E-state index contributed by atoms with van der Waals surface area (Å²) in [5.74, 6) is -1.34. The van der Waals surface area contributed by atoms with Crippen LogP contribution in [0.25, 0.3) is 22.6 Å². The van der Waals surface area contributed by atoms with Crippen LogP contribution in [0.2, 0.25) is 0 Å². The summed E-state index contributed by atoms with van der Waals surface area (Å²) in [6.45, 7) is 4.61. The summed E-state index contributed by atoms with van der Waals surface area (Å²) < 4.78 is 6.55. The van der Waals surface area contributed by atoms with Crippen molar-refractivity contribution < 1.29 is 19.2 Å². The maximum atomic E-state index is 13.3. The van der Waals surface area contributed by atoms with E-state index in [0.29, 0.717) is 54.1 Å². The van der Waals surface area contributed by atoms with Crippen LogP contribution in [-0.2, 0) is 32.5 Å². The molecule has 6 rings (SSSR count). The highest BCUT2D eigenvalue weighted by Gasteiger charge is 2.21. The smallest absolute Gasteiger partial charge is 0.349 e. The molecule has 0 fully saturated rings. The van der Waals surface area contributed by atoms with Crippen molar-refractivity contribution in [3.63, 3.8) is 0 Å². The van der Waals surface area contributed by atoms with Crippen LogP contribution >= 0.6 is 0 Å². The van der Waals surface area contributed by atoms with Gasteiger partial charge in [0.1, 0.15) is 17.1 Å². The summed E-state index contributed by atoms with van der Waals surface area (Å²) in [6.07, 6.45) is 7.16. The van der Waals surface area contributed by atoms with Gasteiger partial charge in [0.25, 0.3) is 23.3 Å². The number of hydrogen-bond donors (Lipinski definition) is 7. The topological polar surface area (TPSA) is 262 Å². The zero-order chi connectivity index (χ0) is 41.8. The fraction of sp³-hybridized carbons (Fsp3) is 0.308. The molecule has 19 heteroatoms. The van der Waals surface area contributed by atoms with Crippen molar-refractivity contribution in [1.82, 2.24) is 38.5 Å². The maximum absolute atomic E-state index is 13.3. The molecule has 19 nitrogen and oxygen atoms in total. The van der Waals surface area contributed by atoms with Gasteiger partial charge in [0.05, 0.1) is 33.9 Å². The molecule has 4 amide bonds. The first-order chi connectivity index (χ1) is 27.6. The Morgan fingerprint density at radius 3 is 1.86 bits per heavy atom. The Morgan fingerprint density at radius 1 is 0.724 bits per heavy atom. The number of hydrogen-bond acceptors (Lipinski definition) is 9. The highest BCUT2D eigenvalue weighted by molar-refractivity contribution is 6.07. The molecule has 0 radical (unpaired) electrons. The number of aromatic nitrogens is 7. The number of carbonyl (C=O) groups excluding carboxylic acids is 4. The number of fused-ring (bicyclic) bond motifs is 2. The van der Waals surface area contributed by atoms with Crippen molar-refractivity contribution in [2.45, 2.75) is 52.5 Å². The lowest BCUT2D eigenvalue weighted by Gasteiger charge is -2.17. The van der Waals surface area contributed by atoms with Crippen LogP contribution in [0, 0.1) is 19.3 Å². The van der Waals surface area contributed by atoms with E-state index in [9.17, 15) is 28.8 Å². The number of unbranched alkanes of at least 4 members (excludes halogenated alkanes) is 2. The van der Waals surface area contributed by atoms with Gasteiger partial charge in [-0.3, -0.25) is 34.4 Å². The SMILES string of the molecule is Cc1cc2nc3c(=O)[nH]c(=O)nc-3n(CCCCCC(=O)Nc3cc(C(=O)Nc4cc(C(=O)Nc5cc(C(=O)NCCC(=N)N)n(C)c5)n(C)c4)n(C)c3)c2cc1C. The van der Waals surface area contributed by atoms with Crippen LogP contribution < -0.4 is 38.2 Å². The number of nitrogens with zero attached hydrogens (tertiary/aromatic N) is 6. The molecule has 0 bridgehead atoms. The van der Waals surface area contributed by atoms with Crippen LogP contribution in [-0.4, -0.2) is 69.2 Å². The third kappa shape index (κ3) is 9.04. The standard InChI is InChI=1S/C39H45N13O6/c1-21-13-26-27(14-22(21)2)52(34-33(46-26)38(57)48-39(58)47-34)12-8-6-7-9-32(53)43-23-15-29(50(4)18-23)36(55)45-25-17-30(51(5)20-25)37(56)44-24-16-28(49(3)19-24)35(54)42-11-10-31(40)41/h13-20H,6-12H2,1-5H3,(H3,40,41)(H,42,54)(H,43,53)(H,44,56)(H,45,55)(H,48,57,58). The van der Waals surface area contributed by atoms with Gasteiger partial charge < -0.3 is 45.3 Å². The Bertz CT molecular complexity index is 2680. The first-order valence-electron chi connectivity index (χ1n) is 18.5. The molecule has 58 heavy (non-hydrogen) atoms. The van der Waals surface area contributed by atoms with Crippen molar-refractivity contribution in [3.8, 4) is 11.5 Å². The number of nitrogens with one attached hydrogen (secondary N) is 6. The van der Waals surface area contributed by atoms with Crippen molar-refractivity contribution in [3.05, 3.63) is 98.0 Å². The molecule has 5 heterocycles. The Balaban J connectivity index is 1.01. The summed E-state index contributed by atoms with van der Waals surface area (Å²) in [7, 11) is 5.00. The van der Waals surface area contributed by atoms with E-state index in [1.54, 1.807) is 59.5 Å². The average molecular weight is 792 g/mol. The number of anilines is 3. The van der Waals surface area contributed by atoms with E-state index in [1.807, 2.05) is 30.5 Å². The Morgan fingerprint density at radius 2 is 1.28 bits per heavy atom. The van der Waals surface area contributed by atoms with E-state index in [1.165, 1.54) is 12.1 Å². The summed E-state index contributed by atoms with van der Waals surface area (Å²) in [4.78, 5) is 87.2. The number of carbonyl (C=O) groups is 4. The predicted octanol–water partition coefficient (Wildman–Crippen LogP) is 2.98. The highest BCUT2D eigenvalue weighted by atomic mass is 16.2. The lowest BCUT2D eigenvalue weighted by atomic mass is 10.1. The zero-order valence-electron chi connectivity index (χ0n) is 32.8. The minimum Gasteiger partial charge on any atom is -0.388 e. The van der Waals surface area contributed by atoms with Gasteiger partial charge in [0, 0.05) is 65.7 Å². The lowest BCUT2D eigenvalue weighted by molar-refractivity contribution is -0.116. The first kappa shape index (κ1) is 40.4. The molecule has 0 aliphatic carbocycles. The second kappa shape index (κ2) is 16.8. The van der Waals surface area contributed by atoms with E-state index < -0.39 is 23.1 Å². The molecule has 3 aromatic heterocycles. The second-order valence-electron chi connectivity index (χ2n) is 14.2. The predicted molar refractivity (Wildman–Crippen MR) is 219 cm³/mol. The van der Waals surface area contributed by atoms with Crippen LogP contribution in [0.4, 0.5) is 17.1 Å². The van der Waals surface area contributed by atoms with E-state index in [2.05, 4.69) is 36.2 Å². The number of amidine groups is 1. The molecule has 2 aliphatic rings. The van der Waals surface area contributed by atoms with Crippen LogP contribution in [0.3, 0.4) is 0 Å². The molecule has 0 unspecified atom stereocenters. The molecule has 0 saturated carbocycles. The van der Waals surface area contributed by atoms with Crippen molar-refractivity contribution >= 4 is 57.6 Å². The van der Waals surface area contributed by atoms with Gasteiger partial charge in [-0.1, -0.05) is 6.42 Å². The van der Waals surface area contributed by atoms with Crippen molar-refractivity contribution in [2.75, 3.05) is 22.5 Å². The normalized spacial score (nSPS) is 11.2. The van der Waals surface area contributed by atoms with Gasteiger partial charge in [-0.05, 0) is 68.1 Å². The van der Waals surface area contributed by atoms with Gasteiger partial charge in [-0.2, -0.15) is 4.98 Å². The first-order valence-corrected chi connectivity index (χ1v) is 18.5. The van der Waals surface area contributed by atoms with E-state index in [0.717, 1.165) is 16.6 Å². The van der Waals surface area contributed by atoms with Gasteiger partial charge in [0.2, 0.25) is 5.91 Å². The van der Waals surface area contributed by atoms with Gasteiger partial charge in [-0.15, -0.1) is 0 Å². The molecular formula is C39H45N13O6. The average Bonchev–Trinajstić information content (AvgIpc) is 3.83. The van der Waals surface area contributed by atoms with Crippen molar-refractivity contribution in [1.29, 1.82) is 5.41 Å². The molecule has 4 aromatic rings. The monoisotopic (exact) mass is 791 g/mol. The molecule has 1 aromatic carbocycles. The molecule has 0 atom stereocenters. The van der Waals surface area contributed by atoms with Gasteiger partial charge >= 0.3 is 5.69 Å². The summed E-state index contributed by atoms with van der Waals surface area (Å²) in [6, 6.07) is 8.49. The number of benzene rings is 1. The van der Waals surface area contributed by atoms with Crippen LogP contribution in [0.5, 0.6) is 0 Å². The molecule has 2 aliphatic heterocycles. The summed E-state index contributed by atoms with van der Waals surface area (Å²) in [5.41, 5.74) is 9.59. The molecule has 302 valence electrons. The molecule has 0 spiro atoms. The van der Waals surface area contributed by atoms with Gasteiger partial charge in [-0.25, -0.2) is 9.78 Å². The van der Waals surface area contributed by atoms with Gasteiger partial charge in [0.15, 0.2) is 11.5 Å².